The normalized spacial score (nSPS) is 10.9. The molecule has 0 saturated carbocycles. The van der Waals surface area contributed by atoms with Gasteiger partial charge < -0.3 is 14.8 Å². The molecule has 2 aromatic carbocycles. The third kappa shape index (κ3) is 5.50. The van der Waals surface area contributed by atoms with E-state index in [0.29, 0.717) is 6.54 Å². The first-order chi connectivity index (χ1) is 14.0. The van der Waals surface area contributed by atoms with Gasteiger partial charge in [0.15, 0.2) is 0 Å². The quantitative estimate of drug-likeness (QED) is 0.541. The summed E-state index contributed by atoms with van der Waals surface area (Å²) in [4.78, 5) is 14.9. The number of hydrogen-bond acceptors (Lipinski definition) is 1. The first kappa shape index (κ1) is 20.7. The molecule has 2 amide bonds. The Labute approximate surface area is 174 Å². The van der Waals surface area contributed by atoms with Crippen LogP contribution < -0.4 is 5.32 Å². The molecule has 0 aliphatic carbocycles. The Bertz CT molecular complexity index is 941. The van der Waals surface area contributed by atoms with Crippen molar-refractivity contribution in [2.75, 3.05) is 5.32 Å². The van der Waals surface area contributed by atoms with E-state index in [9.17, 15) is 4.79 Å². The highest BCUT2D eigenvalue weighted by Crippen LogP contribution is 2.16. The molecule has 4 heteroatoms. The van der Waals surface area contributed by atoms with E-state index < -0.39 is 0 Å². The topological polar surface area (TPSA) is 37.3 Å². The maximum Gasteiger partial charge on any atom is 0.322 e. The minimum Gasteiger partial charge on any atom is -0.345 e. The van der Waals surface area contributed by atoms with Gasteiger partial charge in [0.2, 0.25) is 0 Å². The number of nitrogens with one attached hydrogen (secondary N) is 1. The van der Waals surface area contributed by atoms with E-state index >= 15 is 0 Å². The molecule has 0 spiro atoms. The van der Waals surface area contributed by atoms with Crippen molar-refractivity contribution in [2.45, 2.75) is 53.2 Å². The highest BCUT2D eigenvalue weighted by atomic mass is 16.2. The van der Waals surface area contributed by atoms with Crippen molar-refractivity contribution in [3.63, 3.8) is 0 Å². The number of urea groups is 1. The van der Waals surface area contributed by atoms with Crippen molar-refractivity contribution in [1.29, 1.82) is 0 Å². The van der Waals surface area contributed by atoms with Crippen molar-refractivity contribution in [2.24, 2.45) is 0 Å². The first-order valence-corrected chi connectivity index (χ1v) is 10.3. The monoisotopic (exact) mass is 389 g/mol. The van der Waals surface area contributed by atoms with E-state index in [4.69, 9.17) is 0 Å². The van der Waals surface area contributed by atoms with Crippen LogP contribution in [0.25, 0.3) is 0 Å². The average Bonchev–Trinajstić information content (AvgIpc) is 3.14. The van der Waals surface area contributed by atoms with Crippen LogP contribution in [0.5, 0.6) is 0 Å². The summed E-state index contributed by atoms with van der Waals surface area (Å²) < 4.78 is 2.21. The molecule has 3 aromatic rings. The van der Waals surface area contributed by atoms with Crippen LogP contribution in [0.1, 0.15) is 43.2 Å². The van der Waals surface area contributed by atoms with Gasteiger partial charge in [0.1, 0.15) is 0 Å². The van der Waals surface area contributed by atoms with Gasteiger partial charge in [-0.1, -0.05) is 48.9 Å². The van der Waals surface area contributed by atoms with Gasteiger partial charge in [0, 0.05) is 30.2 Å². The van der Waals surface area contributed by atoms with Crippen LogP contribution >= 0.6 is 0 Å². The van der Waals surface area contributed by atoms with Crippen LogP contribution in [0.4, 0.5) is 10.5 Å². The van der Waals surface area contributed by atoms with Gasteiger partial charge in [-0.2, -0.15) is 0 Å². The Kier molecular flexibility index (Phi) is 6.76. The van der Waals surface area contributed by atoms with E-state index in [1.807, 2.05) is 29.2 Å². The van der Waals surface area contributed by atoms with Crippen molar-refractivity contribution >= 4 is 11.7 Å². The van der Waals surface area contributed by atoms with Gasteiger partial charge in [0.05, 0.1) is 6.54 Å². The number of aryl methyl sites for hydroxylation is 2. The fourth-order valence-electron chi connectivity index (χ4n) is 3.37. The summed E-state index contributed by atoms with van der Waals surface area (Å²) in [7, 11) is 0. The zero-order valence-corrected chi connectivity index (χ0v) is 17.9. The molecule has 152 valence electrons. The smallest absolute Gasteiger partial charge is 0.322 e. The van der Waals surface area contributed by atoms with E-state index in [2.05, 4.69) is 80.2 Å². The summed E-state index contributed by atoms with van der Waals surface area (Å²) in [5, 5.41) is 3.06. The second-order valence-corrected chi connectivity index (χ2v) is 7.82. The molecule has 1 N–H and O–H groups in total. The molecule has 1 aromatic heterocycles. The molecular formula is C25H31N3O. The number of carbonyl (C=O) groups excluding carboxylic acids is 1. The SMILES string of the molecule is CCc1cccc(NC(=O)N(Cc2cccn2Cc2ccc(C)cc2)C(C)C)c1. The van der Waals surface area contributed by atoms with Gasteiger partial charge in [-0.15, -0.1) is 0 Å². The summed E-state index contributed by atoms with van der Waals surface area (Å²) in [5.74, 6) is 0. The highest BCUT2D eigenvalue weighted by molar-refractivity contribution is 5.89. The van der Waals surface area contributed by atoms with Crippen molar-refractivity contribution in [3.05, 3.63) is 89.2 Å². The molecule has 0 fully saturated rings. The number of aromatic nitrogens is 1. The minimum absolute atomic E-state index is 0.0728. The predicted octanol–water partition coefficient (Wildman–Crippen LogP) is 5.85. The summed E-state index contributed by atoms with van der Waals surface area (Å²) >= 11 is 0. The number of benzene rings is 2. The number of anilines is 1. The lowest BCUT2D eigenvalue weighted by Crippen LogP contribution is -2.40. The number of hydrogen-bond donors (Lipinski definition) is 1. The molecule has 0 radical (unpaired) electrons. The Morgan fingerprint density at radius 2 is 1.79 bits per heavy atom. The average molecular weight is 390 g/mol. The van der Waals surface area contributed by atoms with Gasteiger partial charge in [-0.25, -0.2) is 4.79 Å². The standard InChI is InChI=1S/C25H31N3O/c1-5-21-8-6-9-23(16-21)26-25(29)28(19(2)3)18-24-10-7-15-27(24)17-22-13-11-20(4)12-14-22/h6-16,19H,5,17-18H2,1-4H3,(H,26,29). The number of carbonyl (C=O) groups is 1. The van der Waals surface area contributed by atoms with Gasteiger partial charge in [-0.3, -0.25) is 0 Å². The lowest BCUT2D eigenvalue weighted by atomic mass is 10.1. The fourth-order valence-corrected chi connectivity index (χ4v) is 3.37. The molecular weight excluding hydrogens is 358 g/mol. The zero-order valence-electron chi connectivity index (χ0n) is 17.9. The fraction of sp³-hybridized carbons (Fsp3) is 0.320. The Morgan fingerprint density at radius 3 is 2.48 bits per heavy atom. The highest BCUT2D eigenvalue weighted by Gasteiger charge is 2.19. The van der Waals surface area contributed by atoms with Crippen molar-refractivity contribution in [1.82, 2.24) is 9.47 Å². The lowest BCUT2D eigenvalue weighted by molar-refractivity contribution is 0.192. The zero-order chi connectivity index (χ0) is 20.8. The molecule has 1 heterocycles. The van der Waals surface area contributed by atoms with Crippen LogP contribution in [0.15, 0.2) is 66.9 Å². The molecule has 4 nitrogen and oxygen atoms in total. The third-order valence-electron chi connectivity index (χ3n) is 5.20. The predicted molar refractivity (Wildman–Crippen MR) is 120 cm³/mol. The molecule has 29 heavy (non-hydrogen) atoms. The molecule has 0 aliphatic rings. The second-order valence-electron chi connectivity index (χ2n) is 7.82. The maximum absolute atomic E-state index is 13.0. The molecule has 3 rings (SSSR count). The summed E-state index contributed by atoms with van der Waals surface area (Å²) in [6, 6.07) is 20.8. The maximum atomic E-state index is 13.0. The molecule has 0 aliphatic heterocycles. The third-order valence-corrected chi connectivity index (χ3v) is 5.20. The van der Waals surface area contributed by atoms with Crippen LogP contribution in [-0.4, -0.2) is 21.5 Å². The summed E-state index contributed by atoms with van der Waals surface area (Å²) in [6.45, 7) is 9.68. The Balaban J connectivity index is 1.73. The van der Waals surface area contributed by atoms with Crippen LogP contribution in [0.2, 0.25) is 0 Å². The molecule has 0 unspecified atom stereocenters. The van der Waals surface area contributed by atoms with Gasteiger partial charge >= 0.3 is 6.03 Å². The molecule has 0 atom stereocenters. The molecule has 0 saturated heterocycles. The van der Waals surface area contributed by atoms with E-state index in [-0.39, 0.29) is 12.1 Å². The summed E-state index contributed by atoms with van der Waals surface area (Å²) in [6.07, 6.45) is 3.03. The van der Waals surface area contributed by atoms with Crippen LogP contribution in [0, 0.1) is 6.92 Å². The first-order valence-electron chi connectivity index (χ1n) is 10.3. The van der Waals surface area contributed by atoms with Crippen molar-refractivity contribution < 1.29 is 4.79 Å². The van der Waals surface area contributed by atoms with E-state index in [0.717, 1.165) is 24.3 Å². The Hall–Kier alpha value is -3.01. The van der Waals surface area contributed by atoms with Crippen LogP contribution in [0.3, 0.4) is 0 Å². The van der Waals surface area contributed by atoms with Crippen LogP contribution in [-0.2, 0) is 19.5 Å². The van der Waals surface area contributed by atoms with Gasteiger partial charge in [-0.05, 0) is 62.6 Å². The van der Waals surface area contributed by atoms with E-state index in [1.54, 1.807) is 0 Å². The lowest BCUT2D eigenvalue weighted by Gasteiger charge is -2.27. The number of nitrogens with zero attached hydrogens (tertiary/aromatic N) is 2. The second kappa shape index (κ2) is 9.46. The number of rotatable bonds is 7. The van der Waals surface area contributed by atoms with E-state index in [1.165, 1.54) is 16.7 Å². The van der Waals surface area contributed by atoms with Gasteiger partial charge in [0.25, 0.3) is 0 Å². The largest absolute Gasteiger partial charge is 0.345 e. The van der Waals surface area contributed by atoms with Crippen molar-refractivity contribution in [3.8, 4) is 0 Å². The summed E-state index contributed by atoms with van der Waals surface area (Å²) in [5.41, 5.74) is 5.69. The minimum atomic E-state index is -0.0728. The number of amides is 2. The Morgan fingerprint density at radius 1 is 1.03 bits per heavy atom. The molecule has 0 bridgehead atoms.